The van der Waals surface area contributed by atoms with Crippen molar-refractivity contribution in [1.29, 1.82) is 0 Å². The van der Waals surface area contributed by atoms with E-state index in [1.165, 1.54) is 30.5 Å². The number of ether oxygens (including phenoxy) is 1. The second kappa shape index (κ2) is 9.79. The van der Waals surface area contributed by atoms with Gasteiger partial charge in [-0.05, 0) is 49.4 Å². The summed E-state index contributed by atoms with van der Waals surface area (Å²) < 4.78 is 21.2. The van der Waals surface area contributed by atoms with Crippen LogP contribution in [0.3, 0.4) is 0 Å². The van der Waals surface area contributed by atoms with E-state index in [-0.39, 0.29) is 17.4 Å². The SMILES string of the molecule is C=CCN1C(=O)/C(=N\N=C\c2c(C)nn(-c3ccccc3)c2Oc2ccc(F)cc2)c2ccccc21. The smallest absolute Gasteiger partial charge is 0.279 e. The van der Waals surface area contributed by atoms with E-state index >= 15 is 0 Å². The molecule has 4 aromatic rings. The Kier molecular flexibility index (Phi) is 6.23. The van der Waals surface area contributed by atoms with Crippen LogP contribution in [-0.2, 0) is 4.79 Å². The first-order valence-electron chi connectivity index (χ1n) is 11.3. The van der Waals surface area contributed by atoms with E-state index in [2.05, 4.69) is 21.9 Å². The molecule has 5 rings (SSSR count). The Morgan fingerprint density at radius 2 is 1.75 bits per heavy atom. The molecule has 0 atom stereocenters. The molecule has 0 spiro atoms. The average Bonchev–Trinajstić information content (AvgIpc) is 3.35. The van der Waals surface area contributed by atoms with Gasteiger partial charge in [0.05, 0.1) is 28.8 Å². The summed E-state index contributed by atoms with van der Waals surface area (Å²) in [5, 5.41) is 13.1. The summed E-state index contributed by atoms with van der Waals surface area (Å²) in [6.07, 6.45) is 3.18. The lowest BCUT2D eigenvalue weighted by Gasteiger charge is -2.13. The maximum absolute atomic E-state index is 13.4. The fourth-order valence-corrected chi connectivity index (χ4v) is 3.94. The number of amides is 1. The van der Waals surface area contributed by atoms with Gasteiger partial charge in [0, 0.05) is 12.1 Å². The lowest BCUT2D eigenvalue weighted by atomic mass is 10.1. The molecule has 0 fully saturated rings. The normalized spacial score (nSPS) is 14.0. The predicted octanol–water partition coefficient (Wildman–Crippen LogP) is 5.47. The zero-order chi connectivity index (χ0) is 25.1. The molecule has 8 heteroatoms. The number of hydrogen-bond acceptors (Lipinski definition) is 5. The van der Waals surface area contributed by atoms with Crippen LogP contribution in [0.4, 0.5) is 10.1 Å². The Balaban J connectivity index is 1.55. The summed E-state index contributed by atoms with van der Waals surface area (Å²) in [7, 11) is 0. The van der Waals surface area contributed by atoms with Gasteiger partial charge in [-0.2, -0.15) is 14.9 Å². The molecule has 1 aromatic heterocycles. The van der Waals surface area contributed by atoms with E-state index in [1.54, 1.807) is 15.7 Å². The van der Waals surface area contributed by atoms with E-state index in [0.717, 1.165) is 11.4 Å². The zero-order valence-corrected chi connectivity index (χ0v) is 19.5. The van der Waals surface area contributed by atoms with Crippen LogP contribution in [-0.4, -0.2) is 34.2 Å². The first-order chi connectivity index (χ1) is 17.6. The minimum Gasteiger partial charge on any atom is -0.438 e. The molecule has 0 saturated carbocycles. The Bertz CT molecular complexity index is 1490. The van der Waals surface area contributed by atoms with Gasteiger partial charge < -0.3 is 9.64 Å². The quantitative estimate of drug-likeness (QED) is 0.201. The first-order valence-corrected chi connectivity index (χ1v) is 11.3. The van der Waals surface area contributed by atoms with Crippen molar-refractivity contribution in [3.05, 3.63) is 114 Å². The van der Waals surface area contributed by atoms with Crippen molar-refractivity contribution in [1.82, 2.24) is 9.78 Å². The molecule has 36 heavy (non-hydrogen) atoms. The van der Waals surface area contributed by atoms with Crippen molar-refractivity contribution < 1.29 is 13.9 Å². The fraction of sp³-hybridized carbons (Fsp3) is 0.0714. The number of carbonyl (C=O) groups is 1. The second-order valence-electron chi connectivity index (χ2n) is 8.02. The summed E-state index contributed by atoms with van der Waals surface area (Å²) >= 11 is 0. The molecular formula is C28H22FN5O2. The van der Waals surface area contributed by atoms with Crippen LogP contribution in [0.2, 0.25) is 0 Å². The molecule has 0 radical (unpaired) electrons. The van der Waals surface area contributed by atoms with Crippen LogP contribution in [0.25, 0.3) is 5.69 Å². The number of carbonyl (C=O) groups excluding carboxylic acids is 1. The highest BCUT2D eigenvalue weighted by molar-refractivity contribution is 6.54. The number of fused-ring (bicyclic) bond motifs is 1. The van der Waals surface area contributed by atoms with Crippen molar-refractivity contribution in [2.75, 3.05) is 11.4 Å². The Labute approximate surface area is 207 Å². The zero-order valence-electron chi connectivity index (χ0n) is 19.5. The van der Waals surface area contributed by atoms with Gasteiger partial charge in [0.15, 0.2) is 5.71 Å². The number of hydrogen-bond donors (Lipinski definition) is 0. The van der Waals surface area contributed by atoms with Crippen LogP contribution in [0.1, 0.15) is 16.8 Å². The third-order valence-corrected chi connectivity index (χ3v) is 5.65. The number of aryl methyl sites for hydroxylation is 1. The van der Waals surface area contributed by atoms with Crippen LogP contribution >= 0.6 is 0 Å². The summed E-state index contributed by atoms with van der Waals surface area (Å²) in [5.74, 6) is 0.225. The summed E-state index contributed by atoms with van der Waals surface area (Å²) in [6.45, 7) is 5.94. The minimum absolute atomic E-state index is 0.243. The molecule has 0 unspecified atom stereocenters. The van der Waals surface area contributed by atoms with Crippen molar-refractivity contribution in [2.45, 2.75) is 6.92 Å². The molecule has 0 saturated heterocycles. The largest absolute Gasteiger partial charge is 0.438 e. The van der Waals surface area contributed by atoms with Gasteiger partial charge in [0.1, 0.15) is 11.6 Å². The molecular weight excluding hydrogens is 457 g/mol. The average molecular weight is 480 g/mol. The van der Waals surface area contributed by atoms with Crippen LogP contribution < -0.4 is 9.64 Å². The molecule has 178 valence electrons. The molecule has 2 heterocycles. The molecule has 0 bridgehead atoms. The maximum Gasteiger partial charge on any atom is 0.279 e. The number of anilines is 1. The van der Waals surface area contributed by atoms with Crippen LogP contribution in [0, 0.1) is 12.7 Å². The van der Waals surface area contributed by atoms with Crippen molar-refractivity contribution in [2.24, 2.45) is 10.2 Å². The highest BCUT2D eigenvalue weighted by Crippen LogP contribution is 2.31. The summed E-state index contributed by atoms with van der Waals surface area (Å²) in [6, 6.07) is 22.6. The number of nitrogens with zero attached hydrogens (tertiary/aromatic N) is 5. The Morgan fingerprint density at radius 1 is 1.03 bits per heavy atom. The monoisotopic (exact) mass is 479 g/mol. The predicted molar refractivity (Wildman–Crippen MR) is 138 cm³/mol. The number of benzene rings is 3. The van der Waals surface area contributed by atoms with E-state index in [0.29, 0.717) is 35.0 Å². The van der Waals surface area contributed by atoms with E-state index < -0.39 is 0 Å². The van der Waals surface area contributed by atoms with Gasteiger partial charge in [-0.15, -0.1) is 11.7 Å². The lowest BCUT2D eigenvalue weighted by Crippen LogP contribution is -2.30. The summed E-state index contributed by atoms with van der Waals surface area (Å²) in [4.78, 5) is 14.6. The first kappa shape index (κ1) is 22.9. The van der Waals surface area contributed by atoms with Gasteiger partial charge in [0.25, 0.3) is 5.91 Å². The van der Waals surface area contributed by atoms with Crippen molar-refractivity contribution >= 4 is 23.5 Å². The lowest BCUT2D eigenvalue weighted by molar-refractivity contribution is -0.112. The topological polar surface area (TPSA) is 72.1 Å². The van der Waals surface area contributed by atoms with Gasteiger partial charge in [0.2, 0.25) is 5.88 Å². The maximum atomic E-state index is 13.4. The minimum atomic E-state index is -0.361. The summed E-state index contributed by atoms with van der Waals surface area (Å²) in [5.41, 5.74) is 3.73. The van der Waals surface area contributed by atoms with Gasteiger partial charge in [-0.1, -0.05) is 42.5 Å². The standard InChI is InChI=1S/C28H22FN5O2/c1-3-17-33-25-12-8-7-11-23(25)26(27(33)35)31-30-18-24-19(2)32-34(21-9-5-4-6-10-21)28(24)36-22-15-13-20(29)14-16-22/h3-16,18H,1,17H2,2H3/b30-18+,31-26-. The molecule has 0 N–H and O–H groups in total. The van der Waals surface area contributed by atoms with Crippen molar-refractivity contribution in [3.8, 4) is 17.3 Å². The van der Waals surface area contributed by atoms with Gasteiger partial charge >= 0.3 is 0 Å². The number of para-hydroxylation sites is 2. The highest BCUT2D eigenvalue weighted by Gasteiger charge is 2.33. The van der Waals surface area contributed by atoms with Gasteiger partial charge in [-0.25, -0.2) is 4.39 Å². The number of rotatable bonds is 7. The Hall–Kier alpha value is -4.85. The highest BCUT2D eigenvalue weighted by atomic mass is 19.1. The molecule has 1 amide bonds. The third kappa shape index (κ3) is 4.32. The van der Waals surface area contributed by atoms with E-state index in [4.69, 9.17) is 4.74 Å². The molecule has 0 aliphatic carbocycles. The van der Waals surface area contributed by atoms with E-state index in [1.807, 2.05) is 61.5 Å². The van der Waals surface area contributed by atoms with Crippen LogP contribution in [0.15, 0.2) is 102 Å². The second-order valence-corrected chi connectivity index (χ2v) is 8.02. The Morgan fingerprint density at radius 3 is 2.50 bits per heavy atom. The van der Waals surface area contributed by atoms with E-state index in [9.17, 15) is 9.18 Å². The number of halogens is 1. The third-order valence-electron chi connectivity index (χ3n) is 5.65. The van der Waals surface area contributed by atoms with Crippen LogP contribution in [0.5, 0.6) is 11.6 Å². The molecule has 1 aliphatic heterocycles. The van der Waals surface area contributed by atoms with Gasteiger partial charge in [-0.3, -0.25) is 4.79 Å². The molecule has 1 aliphatic rings. The molecule has 3 aromatic carbocycles. The number of aromatic nitrogens is 2. The van der Waals surface area contributed by atoms with Crippen molar-refractivity contribution in [3.63, 3.8) is 0 Å². The fourth-order valence-electron chi connectivity index (χ4n) is 3.94. The molecule has 7 nitrogen and oxygen atoms in total.